The monoisotopic (exact) mass is 381 g/mol. The van der Waals surface area contributed by atoms with Gasteiger partial charge in [0.15, 0.2) is 0 Å². The summed E-state index contributed by atoms with van der Waals surface area (Å²) in [4.78, 5) is 19.1. The SMILES string of the molecule is CC(C)Oc1ccc(-c2nc(-c3cccc4c(=O)[nH]ccc34)no2)cc1Cl. The molecule has 0 aliphatic carbocycles. The van der Waals surface area contributed by atoms with E-state index in [9.17, 15) is 4.79 Å². The molecule has 0 unspecified atom stereocenters. The number of nitrogens with one attached hydrogen (secondary N) is 1. The molecule has 7 heteroatoms. The minimum atomic E-state index is -0.161. The third-order valence-electron chi connectivity index (χ3n) is 4.02. The first-order valence-electron chi connectivity index (χ1n) is 8.44. The fraction of sp³-hybridized carbons (Fsp3) is 0.150. The molecule has 0 aliphatic rings. The van der Waals surface area contributed by atoms with Crippen LogP contribution in [-0.2, 0) is 0 Å². The predicted molar refractivity (Wildman–Crippen MR) is 104 cm³/mol. The molecule has 0 atom stereocenters. The fourth-order valence-electron chi connectivity index (χ4n) is 2.85. The molecule has 0 saturated heterocycles. The molecule has 136 valence electrons. The van der Waals surface area contributed by atoms with Gasteiger partial charge in [0.05, 0.1) is 11.1 Å². The number of hydrogen-bond donors (Lipinski definition) is 1. The quantitative estimate of drug-likeness (QED) is 0.554. The third-order valence-corrected chi connectivity index (χ3v) is 4.32. The van der Waals surface area contributed by atoms with Crippen molar-refractivity contribution in [1.29, 1.82) is 0 Å². The lowest BCUT2D eigenvalue weighted by atomic mass is 10.1. The van der Waals surface area contributed by atoms with Crippen molar-refractivity contribution in [3.05, 3.63) is 64.0 Å². The summed E-state index contributed by atoms with van der Waals surface area (Å²) in [5, 5.41) is 5.87. The van der Waals surface area contributed by atoms with Gasteiger partial charge >= 0.3 is 0 Å². The molecule has 0 fully saturated rings. The molecule has 0 radical (unpaired) electrons. The smallest absolute Gasteiger partial charge is 0.258 e. The number of nitrogens with zero attached hydrogens (tertiary/aromatic N) is 2. The van der Waals surface area contributed by atoms with Crippen molar-refractivity contribution in [3.8, 4) is 28.6 Å². The number of fused-ring (bicyclic) bond motifs is 1. The largest absolute Gasteiger partial charge is 0.489 e. The number of pyridine rings is 1. The van der Waals surface area contributed by atoms with Crippen LogP contribution >= 0.6 is 11.6 Å². The minimum absolute atomic E-state index is 0.0258. The van der Waals surface area contributed by atoms with Crippen LogP contribution in [0.1, 0.15) is 13.8 Å². The zero-order valence-corrected chi connectivity index (χ0v) is 15.4. The molecular formula is C20H16ClN3O3. The van der Waals surface area contributed by atoms with E-state index in [0.29, 0.717) is 33.4 Å². The van der Waals surface area contributed by atoms with E-state index in [2.05, 4.69) is 15.1 Å². The van der Waals surface area contributed by atoms with Crippen LogP contribution in [0.4, 0.5) is 0 Å². The fourth-order valence-corrected chi connectivity index (χ4v) is 3.07. The van der Waals surface area contributed by atoms with Gasteiger partial charge in [-0.15, -0.1) is 0 Å². The number of aromatic nitrogens is 3. The Labute approximate surface area is 159 Å². The number of rotatable bonds is 4. The number of aromatic amines is 1. The molecule has 0 amide bonds. The third kappa shape index (κ3) is 3.31. The Morgan fingerprint density at radius 1 is 1.15 bits per heavy atom. The highest BCUT2D eigenvalue weighted by Gasteiger charge is 2.15. The zero-order chi connectivity index (χ0) is 19.0. The van der Waals surface area contributed by atoms with Crippen LogP contribution in [0.15, 0.2) is 58.0 Å². The van der Waals surface area contributed by atoms with Crippen LogP contribution in [0, 0.1) is 0 Å². The number of hydrogen-bond acceptors (Lipinski definition) is 5. The normalized spacial score (nSPS) is 11.3. The van der Waals surface area contributed by atoms with Crippen molar-refractivity contribution in [3.63, 3.8) is 0 Å². The first kappa shape index (κ1) is 17.3. The van der Waals surface area contributed by atoms with Crippen molar-refractivity contribution in [2.45, 2.75) is 20.0 Å². The van der Waals surface area contributed by atoms with Crippen LogP contribution < -0.4 is 10.3 Å². The predicted octanol–water partition coefficient (Wildman–Crippen LogP) is 4.69. The van der Waals surface area contributed by atoms with Gasteiger partial charge in [0.1, 0.15) is 5.75 Å². The molecule has 0 saturated carbocycles. The summed E-state index contributed by atoms with van der Waals surface area (Å²) in [6.07, 6.45) is 1.63. The summed E-state index contributed by atoms with van der Waals surface area (Å²) >= 11 is 6.29. The molecule has 1 N–H and O–H groups in total. The van der Waals surface area contributed by atoms with Crippen molar-refractivity contribution in [2.24, 2.45) is 0 Å². The summed E-state index contributed by atoms with van der Waals surface area (Å²) < 4.78 is 11.1. The van der Waals surface area contributed by atoms with Gasteiger partial charge in [-0.3, -0.25) is 4.79 Å². The van der Waals surface area contributed by atoms with E-state index < -0.39 is 0 Å². The van der Waals surface area contributed by atoms with Crippen LogP contribution in [0.2, 0.25) is 5.02 Å². The zero-order valence-electron chi connectivity index (χ0n) is 14.7. The maximum atomic E-state index is 12.0. The summed E-state index contributed by atoms with van der Waals surface area (Å²) in [5.74, 6) is 1.34. The van der Waals surface area contributed by atoms with Gasteiger partial charge in [-0.05, 0) is 49.6 Å². The lowest BCUT2D eigenvalue weighted by Crippen LogP contribution is -2.05. The van der Waals surface area contributed by atoms with Crippen molar-refractivity contribution in [1.82, 2.24) is 15.1 Å². The maximum Gasteiger partial charge on any atom is 0.258 e. The van der Waals surface area contributed by atoms with E-state index in [1.54, 1.807) is 30.5 Å². The second-order valence-electron chi connectivity index (χ2n) is 6.31. The number of H-pyrrole nitrogens is 1. The van der Waals surface area contributed by atoms with E-state index in [1.165, 1.54) is 0 Å². The highest BCUT2D eigenvalue weighted by atomic mass is 35.5. The molecule has 4 rings (SSSR count). The molecule has 4 aromatic rings. The summed E-state index contributed by atoms with van der Waals surface area (Å²) in [6.45, 7) is 3.87. The molecule has 0 bridgehead atoms. The van der Waals surface area contributed by atoms with Gasteiger partial charge in [0, 0.05) is 22.7 Å². The van der Waals surface area contributed by atoms with E-state index in [4.69, 9.17) is 20.9 Å². The summed E-state index contributed by atoms with van der Waals surface area (Å²) in [5.41, 5.74) is 1.25. The van der Waals surface area contributed by atoms with E-state index >= 15 is 0 Å². The highest BCUT2D eigenvalue weighted by Crippen LogP contribution is 2.32. The first-order valence-corrected chi connectivity index (χ1v) is 8.82. The average Bonchev–Trinajstić information content (AvgIpc) is 3.13. The summed E-state index contributed by atoms with van der Waals surface area (Å²) in [7, 11) is 0. The number of benzene rings is 2. The van der Waals surface area contributed by atoms with E-state index in [-0.39, 0.29) is 11.7 Å². The van der Waals surface area contributed by atoms with Crippen LogP contribution in [0.3, 0.4) is 0 Å². The second kappa shape index (κ2) is 6.89. The number of halogens is 1. The minimum Gasteiger partial charge on any atom is -0.489 e. The van der Waals surface area contributed by atoms with Crippen LogP contribution in [-0.4, -0.2) is 21.2 Å². The lowest BCUT2D eigenvalue weighted by molar-refractivity contribution is 0.242. The molecule has 2 aromatic carbocycles. The lowest BCUT2D eigenvalue weighted by Gasteiger charge is -2.11. The standard InChI is InChI=1S/C20H16ClN3O3/c1-11(2)26-17-7-6-12(10-16(17)21)20-23-18(24-27-20)14-4-3-5-15-13(14)8-9-22-19(15)25/h3-11H,1-2H3,(H,22,25). The van der Waals surface area contributed by atoms with Crippen LogP contribution in [0.5, 0.6) is 5.75 Å². The topological polar surface area (TPSA) is 81.0 Å². The average molecular weight is 382 g/mol. The Balaban J connectivity index is 1.74. The van der Waals surface area contributed by atoms with E-state index in [1.807, 2.05) is 32.0 Å². The van der Waals surface area contributed by atoms with Gasteiger partial charge in [0.2, 0.25) is 5.82 Å². The maximum absolute atomic E-state index is 12.0. The van der Waals surface area contributed by atoms with Crippen LogP contribution in [0.25, 0.3) is 33.6 Å². The Morgan fingerprint density at radius 3 is 2.78 bits per heavy atom. The molecule has 2 heterocycles. The Bertz CT molecular complexity index is 1180. The van der Waals surface area contributed by atoms with Gasteiger partial charge in [0.25, 0.3) is 11.4 Å². The molecular weight excluding hydrogens is 366 g/mol. The van der Waals surface area contributed by atoms with Gasteiger partial charge < -0.3 is 14.2 Å². The van der Waals surface area contributed by atoms with Crippen molar-refractivity contribution < 1.29 is 9.26 Å². The highest BCUT2D eigenvalue weighted by molar-refractivity contribution is 6.32. The Kier molecular flexibility index (Phi) is 4.41. The number of ether oxygens (including phenoxy) is 1. The molecule has 6 nitrogen and oxygen atoms in total. The van der Waals surface area contributed by atoms with Gasteiger partial charge in [-0.1, -0.05) is 28.9 Å². The molecule has 27 heavy (non-hydrogen) atoms. The summed E-state index contributed by atoms with van der Waals surface area (Å²) in [6, 6.07) is 12.5. The van der Waals surface area contributed by atoms with E-state index in [0.717, 1.165) is 10.9 Å². The Morgan fingerprint density at radius 2 is 2.00 bits per heavy atom. The van der Waals surface area contributed by atoms with Gasteiger partial charge in [-0.25, -0.2) is 0 Å². The Hall–Kier alpha value is -3.12. The second-order valence-corrected chi connectivity index (χ2v) is 6.72. The molecule has 0 aliphatic heterocycles. The molecule has 2 aromatic heterocycles. The van der Waals surface area contributed by atoms with Crippen molar-refractivity contribution >= 4 is 22.4 Å². The molecule has 0 spiro atoms. The first-order chi connectivity index (χ1) is 13.0. The van der Waals surface area contributed by atoms with Crippen molar-refractivity contribution in [2.75, 3.05) is 0 Å². The van der Waals surface area contributed by atoms with Gasteiger partial charge in [-0.2, -0.15) is 4.98 Å².